The smallest absolute Gasteiger partial charge is 0.249 e. The lowest BCUT2D eigenvalue weighted by Gasteiger charge is -2.05. The summed E-state index contributed by atoms with van der Waals surface area (Å²) in [7, 11) is 0. The highest BCUT2D eigenvalue weighted by Crippen LogP contribution is 2.12. The highest BCUT2D eigenvalue weighted by molar-refractivity contribution is 5.96. The third kappa shape index (κ3) is 2.66. The first-order valence-electron chi connectivity index (χ1n) is 7.17. The molecule has 3 aromatic rings. The third-order valence-electron chi connectivity index (χ3n) is 3.70. The number of aromatic nitrogens is 1. The largest absolute Gasteiger partial charge is 0.288 e. The van der Waals surface area contributed by atoms with Crippen molar-refractivity contribution < 1.29 is 14.2 Å². The van der Waals surface area contributed by atoms with Crippen LogP contribution in [-0.4, -0.2) is 11.6 Å². The standard InChI is InChI=1S/C19H16NO2/c1-14(21)17-12-11-15-7-5-6-10-18(15)20(17)13-19(22)16-8-3-2-4-9-16/h2-12H,13H2,1H3/q+1. The number of pyridine rings is 1. The van der Waals surface area contributed by atoms with Crippen LogP contribution in [0.5, 0.6) is 0 Å². The van der Waals surface area contributed by atoms with Gasteiger partial charge in [-0.2, -0.15) is 4.57 Å². The molecule has 0 atom stereocenters. The van der Waals surface area contributed by atoms with Gasteiger partial charge in [0.25, 0.3) is 0 Å². The maximum atomic E-state index is 12.5. The summed E-state index contributed by atoms with van der Waals surface area (Å²) >= 11 is 0. The zero-order valence-electron chi connectivity index (χ0n) is 12.3. The second-order valence-electron chi connectivity index (χ2n) is 5.21. The van der Waals surface area contributed by atoms with E-state index in [0.717, 1.165) is 10.9 Å². The molecule has 0 aliphatic rings. The number of ketones is 2. The molecule has 0 radical (unpaired) electrons. The van der Waals surface area contributed by atoms with Crippen molar-refractivity contribution in [2.45, 2.75) is 13.5 Å². The maximum absolute atomic E-state index is 12.5. The van der Waals surface area contributed by atoms with Crippen molar-refractivity contribution in [1.82, 2.24) is 0 Å². The van der Waals surface area contributed by atoms with Crippen LogP contribution >= 0.6 is 0 Å². The minimum Gasteiger partial charge on any atom is -0.288 e. The van der Waals surface area contributed by atoms with Gasteiger partial charge in [-0.15, -0.1) is 0 Å². The number of para-hydroxylation sites is 1. The van der Waals surface area contributed by atoms with Crippen LogP contribution in [0.15, 0.2) is 66.7 Å². The van der Waals surface area contributed by atoms with E-state index in [2.05, 4.69) is 0 Å². The third-order valence-corrected chi connectivity index (χ3v) is 3.70. The molecule has 0 spiro atoms. The van der Waals surface area contributed by atoms with E-state index in [1.165, 1.54) is 6.92 Å². The summed E-state index contributed by atoms with van der Waals surface area (Å²) in [5, 5.41) is 1.01. The molecule has 1 heterocycles. The average Bonchev–Trinajstić information content (AvgIpc) is 2.55. The van der Waals surface area contributed by atoms with Gasteiger partial charge in [-0.3, -0.25) is 9.59 Å². The number of fused-ring (bicyclic) bond motifs is 1. The van der Waals surface area contributed by atoms with Crippen LogP contribution < -0.4 is 4.57 Å². The fraction of sp³-hybridized carbons (Fsp3) is 0.105. The normalized spacial score (nSPS) is 10.6. The SMILES string of the molecule is CC(=O)c1ccc2ccccc2[n+]1CC(=O)c1ccccc1. The lowest BCUT2D eigenvalue weighted by atomic mass is 10.1. The van der Waals surface area contributed by atoms with Gasteiger partial charge >= 0.3 is 0 Å². The molecule has 0 unspecified atom stereocenters. The first-order valence-corrected chi connectivity index (χ1v) is 7.17. The topological polar surface area (TPSA) is 38.0 Å². The zero-order chi connectivity index (χ0) is 15.5. The quantitative estimate of drug-likeness (QED) is 0.546. The zero-order valence-corrected chi connectivity index (χ0v) is 12.3. The lowest BCUT2D eigenvalue weighted by molar-refractivity contribution is -0.659. The van der Waals surface area contributed by atoms with Gasteiger partial charge in [0.1, 0.15) is 0 Å². The van der Waals surface area contributed by atoms with Crippen molar-refractivity contribution >= 4 is 22.5 Å². The molecule has 3 nitrogen and oxygen atoms in total. The molecule has 3 rings (SSSR count). The summed E-state index contributed by atoms with van der Waals surface area (Å²) < 4.78 is 1.80. The Balaban J connectivity index is 2.10. The molecular weight excluding hydrogens is 274 g/mol. The highest BCUT2D eigenvalue weighted by Gasteiger charge is 2.22. The maximum Gasteiger partial charge on any atom is 0.249 e. The van der Waals surface area contributed by atoms with Crippen molar-refractivity contribution in [3.63, 3.8) is 0 Å². The van der Waals surface area contributed by atoms with Crippen molar-refractivity contribution in [2.75, 3.05) is 0 Å². The molecule has 0 fully saturated rings. The molecule has 0 aliphatic heterocycles. The molecule has 0 saturated heterocycles. The monoisotopic (exact) mass is 290 g/mol. The van der Waals surface area contributed by atoms with Gasteiger partial charge < -0.3 is 0 Å². The second kappa shape index (κ2) is 5.90. The molecule has 0 aliphatic carbocycles. The van der Waals surface area contributed by atoms with Crippen molar-refractivity contribution in [3.8, 4) is 0 Å². The van der Waals surface area contributed by atoms with Crippen LogP contribution in [-0.2, 0) is 6.54 Å². The van der Waals surface area contributed by atoms with Gasteiger partial charge in [0, 0.05) is 30.0 Å². The minimum absolute atomic E-state index is 0.00977. The number of nitrogens with zero attached hydrogens (tertiary/aromatic N) is 1. The molecule has 108 valence electrons. The minimum atomic E-state index is -0.0494. The fourth-order valence-corrected chi connectivity index (χ4v) is 2.60. The number of hydrogen-bond acceptors (Lipinski definition) is 2. The van der Waals surface area contributed by atoms with Gasteiger partial charge in [-0.05, 0) is 12.1 Å². The van der Waals surface area contributed by atoms with Gasteiger partial charge in [0.2, 0.25) is 29.3 Å². The van der Waals surface area contributed by atoms with E-state index in [0.29, 0.717) is 11.3 Å². The molecule has 22 heavy (non-hydrogen) atoms. The molecule has 3 heteroatoms. The molecular formula is C19H16NO2+. The van der Waals surface area contributed by atoms with Crippen LogP contribution in [0.3, 0.4) is 0 Å². The highest BCUT2D eigenvalue weighted by atomic mass is 16.1. The van der Waals surface area contributed by atoms with Crippen LogP contribution in [0, 0.1) is 0 Å². The van der Waals surface area contributed by atoms with Crippen LogP contribution in [0.25, 0.3) is 10.9 Å². The molecule has 0 bridgehead atoms. The van der Waals surface area contributed by atoms with Crippen LogP contribution in [0.1, 0.15) is 27.8 Å². The molecule has 2 aromatic carbocycles. The number of Topliss-reactive ketones (excluding diaryl/α,β-unsaturated/α-hetero) is 2. The van der Waals surface area contributed by atoms with E-state index in [-0.39, 0.29) is 18.1 Å². The number of carbonyl (C=O) groups is 2. The number of rotatable bonds is 4. The van der Waals surface area contributed by atoms with Crippen molar-refractivity contribution in [2.24, 2.45) is 0 Å². The summed E-state index contributed by atoms with van der Waals surface area (Å²) in [4.78, 5) is 24.4. The Labute approximate surface area is 128 Å². The number of carbonyl (C=O) groups excluding carboxylic acids is 2. The Kier molecular flexibility index (Phi) is 3.79. The van der Waals surface area contributed by atoms with E-state index in [1.54, 1.807) is 22.8 Å². The number of benzene rings is 2. The predicted molar refractivity (Wildman–Crippen MR) is 84.9 cm³/mol. The average molecular weight is 290 g/mol. The van der Waals surface area contributed by atoms with Crippen LogP contribution in [0.4, 0.5) is 0 Å². The van der Waals surface area contributed by atoms with E-state index in [4.69, 9.17) is 0 Å². The number of hydrogen-bond donors (Lipinski definition) is 0. The molecule has 0 saturated carbocycles. The summed E-state index contributed by atoms with van der Waals surface area (Å²) in [5.74, 6) is -0.0592. The van der Waals surface area contributed by atoms with Crippen LogP contribution in [0.2, 0.25) is 0 Å². The van der Waals surface area contributed by atoms with E-state index in [9.17, 15) is 9.59 Å². The Morgan fingerprint density at radius 3 is 2.27 bits per heavy atom. The Bertz CT molecular complexity index is 854. The van der Waals surface area contributed by atoms with Gasteiger partial charge in [0.15, 0.2) is 0 Å². The van der Waals surface area contributed by atoms with Gasteiger partial charge in [-0.1, -0.05) is 42.5 Å². The molecule has 0 N–H and O–H groups in total. The fourth-order valence-electron chi connectivity index (χ4n) is 2.60. The molecule has 1 aromatic heterocycles. The summed E-state index contributed by atoms with van der Waals surface area (Å²) in [5.41, 5.74) is 2.08. The Morgan fingerprint density at radius 2 is 1.55 bits per heavy atom. The van der Waals surface area contributed by atoms with E-state index >= 15 is 0 Å². The van der Waals surface area contributed by atoms with E-state index in [1.807, 2.05) is 48.5 Å². The van der Waals surface area contributed by atoms with Gasteiger partial charge in [0.05, 0.1) is 0 Å². The van der Waals surface area contributed by atoms with Gasteiger partial charge in [-0.25, -0.2) is 0 Å². The molecule has 0 amide bonds. The first kappa shape index (κ1) is 14.1. The summed E-state index contributed by atoms with van der Waals surface area (Å²) in [6.07, 6.45) is 0. The Morgan fingerprint density at radius 1 is 0.864 bits per heavy atom. The predicted octanol–water partition coefficient (Wildman–Crippen LogP) is 3.21. The lowest BCUT2D eigenvalue weighted by Crippen LogP contribution is -2.44. The van der Waals surface area contributed by atoms with Crippen molar-refractivity contribution in [1.29, 1.82) is 0 Å². The Hall–Kier alpha value is -2.81. The first-order chi connectivity index (χ1) is 10.7. The van der Waals surface area contributed by atoms with E-state index < -0.39 is 0 Å². The summed E-state index contributed by atoms with van der Waals surface area (Å²) in [6, 6.07) is 20.6. The summed E-state index contributed by atoms with van der Waals surface area (Å²) in [6.45, 7) is 1.67. The van der Waals surface area contributed by atoms with Crippen molar-refractivity contribution in [3.05, 3.63) is 78.0 Å². The second-order valence-corrected chi connectivity index (χ2v) is 5.21.